The second kappa shape index (κ2) is 7.17. The van der Waals surface area contributed by atoms with Gasteiger partial charge in [0, 0.05) is 24.0 Å². The highest BCUT2D eigenvalue weighted by Gasteiger charge is 2.30. The first-order valence-corrected chi connectivity index (χ1v) is 9.70. The number of aliphatic hydroxyl groups is 1. The number of nitrogens with zero attached hydrogens (tertiary/aromatic N) is 3. The van der Waals surface area contributed by atoms with Gasteiger partial charge in [0.2, 0.25) is 0 Å². The van der Waals surface area contributed by atoms with Gasteiger partial charge < -0.3 is 14.9 Å². The Morgan fingerprint density at radius 2 is 1.88 bits per heavy atom. The lowest BCUT2D eigenvalue weighted by Gasteiger charge is -2.22. The SMILES string of the molecule is N=C1C(c2nc(-c3ccc(F)cc3)cs2)=C(O)CN1CCN1CCCC1. The van der Waals surface area contributed by atoms with E-state index in [-0.39, 0.29) is 11.6 Å². The molecule has 2 aliphatic heterocycles. The Hall–Kier alpha value is -2.25. The Balaban J connectivity index is 1.47. The highest BCUT2D eigenvalue weighted by Crippen LogP contribution is 2.32. The van der Waals surface area contributed by atoms with E-state index in [1.165, 1.54) is 36.3 Å². The zero-order valence-corrected chi connectivity index (χ0v) is 15.2. The van der Waals surface area contributed by atoms with Crippen molar-refractivity contribution in [3.05, 3.63) is 46.2 Å². The molecule has 0 radical (unpaired) electrons. The number of aliphatic hydroxyl groups excluding tert-OH is 1. The molecule has 0 bridgehead atoms. The predicted octanol–water partition coefficient (Wildman–Crippen LogP) is 3.61. The van der Waals surface area contributed by atoms with Crippen LogP contribution < -0.4 is 0 Å². The molecule has 1 saturated heterocycles. The molecule has 1 aromatic heterocycles. The summed E-state index contributed by atoms with van der Waals surface area (Å²) in [6.45, 7) is 4.28. The number of amidine groups is 1. The molecule has 5 nitrogen and oxygen atoms in total. The molecule has 4 rings (SSSR count). The molecular formula is C19H21FN4OS. The number of likely N-dealkylation sites (tertiary alicyclic amines) is 1. The van der Waals surface area contributed by atoms with E-state index < -0.39 is 0 Å². The van der Waals surface area contributed by atoms with Crippen LogP contribution >= 0.6 is 11.3 Å². The molecule has 0 aliphatic carbocycles. The first-order valence-electron chi connectivity index (χ1n) is 8.82. The van der Waals surface area contributed by atoms with Crippen molar-refractivity contribution in [1.82, 2.24) is 14.8 Å². The molecular weight excluding hydrogens is 351 g/mol. The van der Waals surface area contributed by atoms with Gasteiger partial charge in [-0.25, -0.2) is 9.37 Å². The summed E-state index contributed by atoms with van der Waals surface area (Å²) in [7, 11) is 0. The van der Waals surface area contributed by atoms with Gasteiger partial charge in [-0.15, -0.1) is 11.3 Å². The molecule has 3 heterocycles. The van der Waals surface area contributed by atoms with Gasteiger partial charge in [-0.05, 0) is 50.2 Å². The summed E-state index contributed by atoms with van der Waals surface area (Å²) >= 11 is 1.40. The fourth-order valence-electron chi connectivity index (χ4n) is 3.46. The molecule has 1 fully saturated rings. The summed E-state index contributed by atoms with van der Waals surface area (Å²) in [6.07, 6.45) is 2.49. The molecule has 2 N–H and O–H groups in total. The molecule has 2 aliphatic rings. The maximum absolute atomic E-state index is 13.1. The highest BCUT2D eigenvalue weighted by atomic mass is 32.1. The minimum absolute atomic E-state index is 0.205. The quantitative estimate of drug-likeness (QED) is 0.842. The van der Waals surface area contributed by atoms with Crippen LogP contribution in [0.4, 0.5) is 4.39 Å². The summed E-state index contributed by atoms with van der Waals surface area (Å²) in [4.78, 5) is 8.87. The van der Waals surface area contributed by atoms with Crippen molar-refractivity contribution in [2.75, 3.05) is 32.7 Å². The average Bonchev–Trinajstić information content (AvgIpc) is 3.35. The Bertz CT molecular complexity index is 839. The second-order valence-corrected chi connectivity index (χ2v) is 7.54. The molecule has 7 heteroatoms. The van der Waals surface area contributed by atoms with E-state index in [0.29, 0.717) is 23.0 Å². The maximum Gasteiger partial charge on any atom is 0.135 e. The van der Waals surface area contributed by atoms with Crippen LogP contribution in [-0.4, -0.2) is 58.4 Å². The topological polar surface area (TPSA) is 63.5 Å². The Kier molecular flexibility index (Phi) is 4.74. The van der Waals surface area contributed by atoms with Gasteiger partial charge in [-0.1, -0.05) is 0 Å². The van der Waals surface area contributed by atoms with E-state index in [1.807, 2.05) is 10.3 Å². The van der Waals surface area contributed by atoms with Crippen LogP contribution in [0.25, 0.3) is 16.8 Å². The molecule has 0 spiro atoms. The van der Waals surface area contributed by atoms with E-state index >= 15 is 0 Å². The van der Waals surface area contributed by atoms with E-state index in [9.17, 15) is 9.50 Å². The molecule has 2 aromatic rings. The number of hydrogen-bond donors (Lipinski definition) is 2. The lowest BCUT2D eigenvalue weighted by Crippen LogP contribution is -2.35. The Morgan fingerprint density at radius 1 is 1.15 bits per heavy atom. The summed E-state index contributed by atoms with van der Waals surface area (Å²) in [6, 6.07) is 6.18. The van der Waals surface area contributed by atoms with Gasteiger partial charge >= 0.3 is 0 Å². The van der Waals surface area contributed by atoms with Crippen molar-refractivity contribution in [3.8, 4) is 11.3 Å². The van der Waals surface area contributed by atoms with E-state index in [2.05, 4.69) is 9.88 Å². The first-order chi connectivity index (χ1) is 12.6. The van der Waals surface area contributed by atoms with Crippen molar-refractivity contribution < 1.29 is 9.50 Å². The van der Waals surface area contributed by atoms with Gasteiger partial charge in [-0.3, -0.25) is 5.41 Å². The van der Waals surface area contributed by atoms with Crippen LogP contribution in [0.1, 0.15) is 17.8 Å². The van der Waals surface area contributed by atoms with Crippen LogP contribution in [0, 0.1) is 11.2 Å². The molecule has 1 aromatic carbocycles. The maximum atomic E-state index is 13.1. The average molecular weight is 372 g/mol. The third kappa shape index (κ3) is 3.37. The summed E-state index contributed by atoms with van der Waals surface area (Å²) in [5.74, 6) is 0.258. The normalized spacial score (nSPS) is 18.3. The minimum Gasteiger partial charge on any atom is -0.510 e. The standard InChI is InChI=1S/C19H21FN4OS/c20-14-5-3-13(4-6-14)15-12-26-19(22-15)17-16(25)11-24(18(17)21)10-9-23-7-1-2-8-23/h3-6,12,21,25H,1-2,7-11H2. The van der Waals surface area contributed by atoms with E-state index in [1.54, 1.807) is 12.1 Å². The van der Waals surface area contributed by atoms with Gasteiger partial charge in [0.25, 0.3) is 0 Å². The first kappa shape index (κ1) is 17.2. The van der Waals surface area contributed by atoms with Crippen LogP contribution in [0.2, 0.25) is 0 Å². The summed E-state index contributed by atoms with van der Waals surface area (Å²) in [5, 5.41) is 21.4. The van der Waals surface area contributed by atoms with Crippen molar-refractivity contribution in [2.24, 2.45) is 0 Å². The third-order valence-corrected chi connectivity index (χ3v) is 5.78. The number of rotatable bonds is 5. The zero-order valence-electron chi connectivity index (χ0n) is 14.4. The van der Waals surface area contributed by atoms with Crippen LogP contribution in [0.3, 0.4) is 0 Å². The lowest BCUT2D eigenvalue weighted by atomic mass is 10.2. The Labute approximate surface area is 155 Å². The van der Waals surface area contributed by atoms with Crippen molar-refractivity contribution in [1.29, 1.82) is 5.41 Å². The monoisotopic (exact) mass is 372 g/mol. The predicted molar refractivity (Wildman–Crippen MR) is 102 cm³/mol. The van der Waals surface area contributed by atoms with Gasteiger partial charge in [-0.2, -0.15) is 0 Å². The van der Waals surface area contributed by atoms with Crippen LogP contribution in [0.5, 0.6) is 0 Å². The molecule has 136 valence electrons. The molecule has 0 atom stereocenters. The van der Waals surface area contributed by atoms with Gasteiger partial charge in [0.05, 0.1) is 17.8 Å². The smallest absolute Gasteiger partial charge is 0.135 e. The minimum atomic E-state index is -0.282. The summed E-state index contributed by atoms with van der Waals surface area (Å²) in [5.41, 5.74) is 2.07. The highest BCUT2D eigenvalue weighted by molar-refractivity contribution is 7.11. The largest absolute Gasteiger partial charge is 0.510 e. The zero-order chi connectivity index (χ0) is 18.1. The lowest BCUT2D eigenvalue weighted by molar-refractivity contribution is 0.285. The van der Waals surface area contributed by atoms with Crippen LogP contribution in [0.15, 0.2) is 35.4 Å². The second-order valence-electron chi connectivity index (χ2n) is 6.69. The fourth-order valence-corrected chi connectivity index (χ4v) is 4.35. The van der Waals surface area contributed by atoms with E-state index in [4.69, 9.17) is 5.41 Å². The number of benzene rings is 1. The number of hydrogen-bond acceptors (Lipinski definition) is 5. The van der Waals surface area contributed by atoms with Crippen molar-refractivity contribution in [3.63, 3.8) is 0 Å². The van der Waals surface area contributed by atoms with Crippen molar-refractivity contribution in [2.45, 2.75) is 12.8 Å². The molecule has 0 unspecified atom stereocenters. The number of nitrogens with one attached hydrogen (secondary N) is 1. The number of halogens is 1. The number of aromatic nitrogens is 1. The fraction of sp³-hybridized carbons (Fsp3) is 0.368. The van der Waals surface area contributed by atoms with Gasteiger partial charge in [0.15, 0.2) is 0 Å². The van der Waals surface area contributed by atoms with Gasteiger partial charge in [0.1, 0.15) is 22.4 Å². The van der Waals surface area contributed by atoms with Crippen molar-refractivity contribution >= 4 is 22.7 Å². The molecule has 0 amide bonds. The molecule has 0 saturated carbocycles. The molecule has 26 heavy (non-hydrogen) atoms. The summed E-state index contributed by atoms with van der Waals surface area (Å²) < 4.78 is 13.1. The third-order valence-electron chi connectivity index (χ3n) is 4.93. The van der Waals surface area contributed by atoms with Crippen LogP contribution in [-0.2, 0) is 0 Å². The Morgan fingerprint density at radius 3 is 2.62 bits per heavy atom. The number of thiazole rings is 1. The van der Waals surface area contributed by atoms with E-state index in [0.717, 1.165) is 37.4 Å².